The van der Waals surface area contributed by atoms with Gasteiger partial charge in [0.25, 0.3) is 0 Å². The minimum atomic E-state index is -0.232. The topological polar surface area (TPSA) is 99.4 Å². The predicted octanol–water partition coefficient (Wildman–Crippen LogP) is 6.85. The van der Waals surface area contributed by atoms with Crippen LogP contribution in [0.4, 0.5) is 0 Å². The van der Waals surface area contributed by atoms with Gasteiger partial charge in [-0.05, 0) is 157 Å². The smallest absolute Gasteiger partial charge is 0.160 e. The van der Waals surface area contributed by atoms with Gasteiger partial charge >= 0.3 is 0 Å². The van der Waals surface area contributed by atoms with E-state index in [0.717, 1.165) is 57.8 Å². The summed E-state index contributed by atoms with van der Waals surface area (Å²) in [6, 6.07) is 9.86. The molecule has 11 atom stereocenters. The molecule has 0 amide bonds. The van der Waals surface area contributed by atoms with Gasteiger partial charge in [0.2, 0.25) is 0 Å². The highest BCUT2D eigenvalue weighted by molar-refractivity contribution is 5.49. The number of ether oxygens (including phenoxy) is 2. The van der Waals surface area contributed by atoms with E-state index in [0.29, 0.717) is 47.0 Å². The Labute approximate surface area is 262 Å². The molecule has 2 aromatic carbocycles. The van der Waals surface area contributed by atoms with Gasteiger partial charge < -0.3 is 29.9 Å². The molecule has 4 fully saturated rings. The summed E-state index contributed by atoms with van der Waals surface area (Å²) in [4.78, 5) is 0. The third-order valence-corrected chi connectivity index (χ3v) is 13.9. The van der Waals surface area contributed by atoms with Gasteiger partial charge in [-0.1, -0.05) is 19.9 Å². The molecule has 8 rings (SSSR count). The second-order valence-electron chi connectivity index (χ2n) is 15.6. The van der Waals surface area contributed by atoms with Crippen LogP contribution in [0.2, 0.25) is 0 Å². The first-order valence-electron chi connectivity index (χ1n) is 17.2. The van der Waals surface area contributed by atoms with E-state index in [1.807, 2.05) is 18.2 Å². The molecule has 0 saturated heterocycles. The number of phenolic OH excluding ortho intramolecular Hbond substituents is 2. The number of benzene rings is 2. The van der Waals surface area contributed by atoms with Gasteiger partial charge in [0.05, 0.1) is 25.4 Å². The molecule has 6 heteroatoms. The van der Waals surface area contributed by atoms with Crippen molar-refractivity contribution in [2.75, 3.05) is 14.2 Å². The van der Waals surface area contributed by atoms with E-state index < -0.39 is 0 Å². The number of aliphatic hydroxyl groups excluding tert-OH is 2. The van der Waals surface area contributed by atoms with Crippen molar-refractivity contribution in [3.8, 4) is 17.2 Å². The zero-order valence-electron chi connectivity index (χ0n) is 27.0. The summed E-state index contributed by atoms with van der Waals surface area (Å²) in [5.74, 6) is 4.74. The van der Waals surface area contributed by atoms with Gasteiger partial charge in [0, 0.05) is 13.5 Å². The minimum absolute atomic E-state index is 0.0102. The van der Waals surface area contributed by atoms with E-state index in [4.69, 9.17) is 9.47 Å². The zero-order valence-corrected chi connectivity index (χ0v) is 27.0. The van der Waals surface area contributed by atoms with Crippen molar-refractivity contribution in [1.82, 2.24) is 0 Å². The number of fused-ring (bicyclic) bond motifs is 10. The SMILES string of the molecule is COC1CC(O)[C@@]2(C)CC[C@@H]3c4ccc(O)cc4CC[C@H]3[C@H]12.COc1cc2c(cc1O)CC[C@@H]1[C@@H]2CC[C@]2(C)C(O)CC[C@@H]12. The standard InChI is InChI=1S/2C19H26O3/c1-19-8-7-14-13-6-4-12(20)9-11(13)3-5-15(14)18(19)16(22-2)10-17(19)21;1-19-8-7-12-13(15(19)5-6-18(19)21)4-3-11-9-16(20)17(22-2)10-14(11)12/h4,6,9,14-18,20-21H,3,5,7-8,10H2,1-2H3;9-10,12-13,15,18,20-21H,3-8H2,1-2H3/t14-,15-,16?,17?,18-,19-;12-,13+,15-,18?,19-/m10/s1. The van der Waals surface area contributed by atoms with Gasteiger partial charge in [-0.15, -0.1) is 0 Å². The summed E-state index contributed by atoms with van der Waals surface area (Å²) in [7, 11) is 3.41. The van der Waals surface area contributed by atoms with E-state index in [1.54, 1.807) is 14.2 Å². The fourth-order valence-corrected chi connectivity index (χ4v) is 11.5. The molecule has 3 unspecified atom stereocenters. The van der Waals surface area contributed by atoms with Crippen LogP contribution in [0.5, 0.6) is 17.2 Å². The van der Waals surface area contributed by atoms with Crippen molar-refractivity contribution in [3.63, 3.8) is 0 Å². The Morgan fingerprint density at radius 1 is 0.727 bits per heavy atom. The van der Waals surface area contributed by atoms with Crippen LogP contribution in [-0.2, 0) is 17.6 Å². The summed E-state index contributed by atoms with van der Waals surface area (Å²) in [6.45, 7) is 4.57. The van der Waals surface area contributed by atoms with E-state index in [-0.39, 0.29) is 34.9 Å². The molecular weight excluding hydrogens is 552 g/mol. The molecule has 0 spiro atoms. The molecule has 6 nitrogen and oxygen atoms in total. The molecule has 240 valence electrons. The van der Waals surface area contributed by atoms with Crippen molar-refractivity contribution in [3.05, 3.63) is 52.6 Å². The number of aryl methyl sites for hydroxylation is 2. The monoisotopic (exact) mass is 604 g/mol. The summed E-state index contributed by atoms with van der Waals surface area (Å²) in [6.07, 6.45) is 11.6. The van der Waals surface area contributed by atoms with Crippen LogP contribution in [0.15, 0.2) is 30.3 Å². The summed E-state index contributed by atoms with van der Waals surface area (Å²) in [5, 5.41) is 40.8. The first-order chi connectivity index (χ1) is 21.1. The molecule has 0 heterocycles. The van der Waals surface area contributed by atoms with Crippen LogP contribution in [0, 0.1) is 34.5 Å². The highest BCUT2D eigenvalue weighted by Crippen LogP contribution is 2.63. The Morgan fingerprint density at radius 2 is 1.41 bits per heavy atom. The Morgan fingerprint density at radius 3 is 2.14 bits per heavy atom. The molecule has 44 heavy (non-hydrogen) atoms. The number of aliphatic hydroxyl groups is 2. The normalized spacial score (nSPS) is 41.5. The van der Waals surface area contributed by atoms with Gasteiger partial charge in [-0.3, -0.25) is 0 Å². The number of hydrogen-bond acceptors (Lipinski definition) is 6. The average Bonchev–Trinajstić information content (AvgIpc) is 3.47. The van der Waals surface area contributed by atoms with Crippen molar-refractivity contribution >= 4 is 0 Å². The van der Waals surface area contributed by atoms with Crippen LogP contribution in [0.1, 0.15) is 106 Å². The first-order valence-corrected chi connectivity index (χ1v) is 17.2. The fraction of sp³-hybridized carbons (Fsp3) is 0.684. The molecule has 0 aliphatic heterocycles. The van der Waals surface area contributed by atoms with Crippen LogP contribution in [-0.4, -0.2) is 53.0 Å². The highest BCUT2D eigenvalue weighted by Gasteiger charge is 2.59. The second kappa shape index (κ2) is 11.2. The quantitative estimate of drug-likeness (QED) is 0.299. The number of methoxy groups -OCH3 is 2. The second-order valence-corrected chi connectivity index (χ2v) is 15.6. The summed E-state index contributed by atoms with van der Waals surface area (Å²) < 4.78 is 11.1. The molecular formula is C38H52O6. The molecule has 6 aliphatic rings. The molecule has 0 aromatic heterocycles. The van der Waals surface area contributed by atoms with Crippen LogP contribution in [0.3, 0.4) is 0 Å². The van der Waals surface area contributed by atoms with Gasteiger partial charge in [-0.2, -0.15) is 0 Å². The first kappa shape index (κ1) is 30.4. The van der Waals surface area contributed by atoms with Crippen LogP contribution in [0.25, 0.3) is 0 Å². The van der Waals surface area contributed by atoms with Crippen LogP contribution < -0.4 is 4.74 Å². The van der Waals surface area contributed by atoms with Crippen molar-refractivity contribution in [1.29, 1.82) is 0 Å². The summed E-state index contributed by atoms with van der Waals surface area (Å²) >= 11 is 0. The Balaban J connectivity index is 0.000000142. The third kappa shape index (κ3) is 4.60. The molecule has 4 saturated carbocycles. The molecule has 2 aromatic rings. The highest BCUT2D eigenvalue weighted by atomic mass is 16.5. The lowest BCUT2D eigenvalue weighted by Crippen LogP contribution is -2.46. The summed E-state index contributed by atoms with van der Waals surface area (Å²) in [5.41, 5.74) is 5.55. The number of aromatic hydroxyl groups is 2. The predicted molar refractivity (Wildman–Crippen MR) is 170 cm³/mol. The molecule has 0 radical (unpaired) electrons. The van der Waals surface area contributed by atoms with Crippen molar-refractivity contribution in [2.24, 2.45) is 34.5 Å². The molecule has 0 bridgehead atoms. The Kier molecular flexibility index (Phi) is 7.74. The third-order valence-electron chi connectivity index (χ3n) is 13.9. The van der Waals surface area contributed by atoms with Crippen molar-refractivity contribution in [2.45, 2.75) is 115 Å². The Bertz CT molecular complexity index is 1390. The Hall–Kier alpha value is -2.28. The number of hydrogen-bond donors (Lipinski definition) is 4. The largest absolute Gasteiger partial charge is 0.508 e. The van der Waals surface area contributed by atoms with E-state index in [9.17, 15) is 20.4 Å². The lowest BCUT2D eigenvalue weighted by atomic mass is 9.55. The molecule has 4 N–H and O–H groups in total. The maximum Gasteiger partial charge on any atom is 0.160 e. The van der Waals surface area contributed by atoms with Crippen molar-refractivity contribution < 1.29 is 29.9 Å². The van der Waals surface area contributed by atoms with E-state index in [2.05, 4.69) is 26.0 Å². The number of rotatable bonds is 2. The maximum absolute atomic E-state index is 10.6. The average molecular weight is 605 g/mol. The number of phenols is 2. The zero-order chi connectivity index (χ0) is 31.0. The minimum Gasteiger partial charge on any atom is -0.508 e. The van der Waals surface area contributed by atoms with Gasteiger partial charge in [0.15, 0.2) is 11.5 Å². The van der Waals surface area contributed by atoms with Gasteiger partial charge in [0.1, 0.15) is 5.75 Å². The lowest BCUT2D eigenvalue weighted by molar-refractivity contribution is -0.0531. The van der Waals surface area contributed by atoms with Crippen LogP contribution >= 0.6 is 0 Å². The van der Waals surface area contributed by atoms with Gasteiger partial charge in [-0.25, -0.2) is 0 Å². The van der Waals surface area contributed by atoms with E-state index >= 15 is 0 Å². The lowest BCUT2D eigenvalue weighted by Gasteiger charge is -2.51. The molecule has 6 aliphatic carbocycles. The maximum atomic E-state index is 10.6. The van der Waals surface area contributed by atoms with E-state index in [1.165, 1.54) is 35.1 Å². The fourth-order valence-electron chi connectivity index (χ4n) is 11.5.